The van der Waals surface area contributed by atoms with Gasteiger partial charge < -0.3 is 20.3 Å². The molecule has 0 bridgehead atoms. The number of carbonyl (C=O) groups excluding carboxylic acids is 2. The largest absolute Gasteiger partial charge is 0.466 e. The Morgan fingerprint density at radius 1 is 0.444 bits per heavy atom. The second kappa shape index (κ2) is 52.7. The van der Waals surface area contributed by atoms with Gasteiger partial charge in [0.2, 0.25) is 5.91 Å². The fourth-order valence-corrected chi connectivity index (χ4v) is 8.36. The molecule has 6 nitrogen and oxygen atoms in total. The van der Waals surface area contributed by atoms with Gasteiger partial charge in [0.1, 0.15) is 0 Å². The molecular weight excluding hydrogens is 779 g/mol. The third kappa shape index (κ3) is 49.4. The lowest BCUT2D eigenvalue weighted by molar-refractivity contribution is -0.143. The first-order valence-electron chi connectivity index (χ1n) is 27.8. The number of aliphatic hydroxyl groups is 2. The van der Waals surface area contributed by atoms with Crippen molar-refractivity contribution in [1.82, 2.24) is 5.32 Å². The van der Waals surface area contributed by atoms with E-state index in [1.807, 2.05) is 6.08 Å². The molecule has 6 heteroatoms. The van der Waals surface area contributed by atoms with Crippen LogP contribution in [0.5, 0.6) is 0 Å². The van der Waals surface area contributed by atoms with Crippen molar-refractivity contribution in [2.75, 3.05) is 13.2 Å². The maximum atomic E-state index is 12.5. The lowest BCUT2D eigenvalue weighted by Crippen LogP contribution is -2.45. The Kier molecular flexibility index (Phi) is 51.1. The molecule has 0 aromatic heterocycles. The van der Waals surface area contributed by atoms with Gasteiger partial charge in [0.05, 0.1) is 25.4 Å². The molecule has 0 rings (SSSR count). The van der Waals surface area contributed by atoms with Gasteiger partial charge in [-0.15, -0.1) is 0 Å². The van der Waals surface area contributed by atoms with Crippen molar-refractivity contribution in [3.8, 4) is 0 Å². The summed E-state index contributed by atoms with van der Waals surface area (Å²) in [5, 5.41) is 23.1. The van der Waals surface area contributed by atoms with Crippen LogP contribution in [0.3, 0.4) is 0 Å². The van der Waals surface area contributed by atoms with Crippen LogP contribution < -0.4 is 5.32 Å². The topological polar surface area (TPSA) is 95.9 Å². The average molecular weight is 886 g/mol. The average Bonchev–Trinajstić information content (AvgIpc) is 3.28. The molecule has 0 saturated carbocycles. The molecule has 2 unspecified atom stereocenters. The Balaban J connectivity index is 3.52. The number of aliphatic hydroxyl groups excluding tert-OH is 2. The van der Waals surface area contributed by atoms with Crippen molar-refractivity contribution >= 4 is 11.9 Å². The van der Waals surface area contributed by atoms with E-state index in [1.54, 1.807) is 6.08 Å². The molecule has 2 atom stereocenters. The Hall–Kier alpha value is -1.92. The molecule has 0 aliphatic carbocycles. The molecule has 0 saturated heterocycles. The van der Waals surface area contributed by atoms with Gasteiger partial charge in [-0.05, 0) is 57.8 Å². The molecule has 370 valence electrons. The second-order valence-electron chi connectivity index (χ2n) is 18.9. The first kappa shape index (κ1) is 61.1. The zero-order chi connectivity index (χ0) is 45.8. The van der Waals surface area contributed by atoms with Crippen molar-refractivity contribution in [2.45, 2.75) is 302 Å². The van der Waals surface area contributed by atoms with Gasteiger partial charge >= 0.3 is 5.97 Å². The highest BCUT2D eigenvalue weighted by Gasteiger charge is 2.18. The summed E-state index contributed by atoms with van der Waals surface area (Å²) in [6.07, 6.45) is 64.4. The van der Waals surface area contributed by atoms with Crippen LogP contribution in [0.25, 0.3) is 0 Å². The van der Waals surface area contributed by atoms with E-state index in [0.29, 0.717) is 19.4 Å². The predicted octanol–water partition coefficient (Wildman–Crippen LogP) is 16.9. The van der Waals surface area contributed by atoms with Gasteiger partial charge in [-0.1, -0.05) is 256 Å². The Morgan fingerprint density at radius 3 is 1.25 bits per heavy atom. The van der Waals surface area contributed by atoms with Crippen LogP contribution in [0.4, 0.5) is 0 Å². The molecule has 1 amide bonds. The standard InChI is InChI=1S/C57H107NO5/c1-3-5-7-9-11-13-15-17-19-20-21-22-23-24-25-26-27-29-33-37-41-45-49-55(60)54(53-59)58-56(61)50-46-42-38-34-31-32-36-40-44-48-52-63-57(62)51-47-43-39-35-30-28-18-16-14-12-10-8-6-4-2/h10,12,16,18,45,49,54-55,59-60H,3-9,11,13-15,17,19-44,46-48,50-53H2,1-2H3,(H,58,61)/b12-10-,18-16-,49-45+. The van der Waals surface area contributed by atoms with Gasteiger partial charge in [-0.3, -0.25) is 9.59 Å². The summed E-state index contributed by atoms with van der Waals surface area (Å²) in [4.78, 5) is 24.5. The Bertz CT molecular complexity index is 1020. The molecule has 0 aliphatic heterocycles. The number of esters is 1. The Morgan fingerprint density at radius 2 is 0.810 bits per heavy atom. The first-order chi connectivity index (χ1) is 31.0. The molecule has 0 aromatic rings. The highest BCUT2D eigenvalue weighted by Crippen LogP contribution is 2.16. The van der Waals surface area contributed by atoms with Crippen LogP contribution in [0.15, 0.2) is 36.5 Å². The maximum absolute atomic E-state index is 12.5. The number of nitrogens with one attached hydrogen (secondary N) is 1. The predicted molar refractivity (Wildman–Crippen MR) is 273 cm³/mol. The van der Waals surface area contributed by atoms with E-state index < -0.39 is 12.1 Å². The van der Waals surface area contributed by atoms with Gasteiger partial charge in [0.15, 0.2) is 0 Å². The zero-order valence-corrected chi connectivity index (χ0v) is 42.1. The van der Waals surface area contributed by atoms with Crippen molar-refractivity contribution in [3.05, 3.63) is 36.5 Å². The molecule has 0 heterocycles. The number of carbonyl (C=O) groups is 2. The van der Waals surface area contributed by atoms with Gasteiger partial charge in [0, 0.05) is 12.8 Å². The summed E-state index contributed by atoms with van der Waals surface area (Å²) in [7, 11) is 0. The van der Waals surface area contributed by atoms with E-state index in [1.165, 1.54) is 193 Å². The minimum atomic E-state index is -0.861. The number of ether oxygens (including phenoxy) is 1. The smallest absolute Gasteiger partial charge is 0.305 e. The fourth-order valence-electron chi connectivity index (χ4n) is 8.36. The van der Waals surface area contributed by atoms with Crippen molar-refractivity contribution in [2.24, 2.45) is 0 Å². The van der Waals surface area contributed by atoms with Gasteiger partial charge in [-0.2, -0.15) is 0 Å². The summed E-state index contributed by atoms with van der Waals surface area (Å²) < 4.78 is 5.45. The third-order valence-corrected chi connectivity index (χ3v) is 12.7. The lowest BCUT2D eigenvalue weighted by atomic mass is 10.0. The summed E-state index contributed by atoms with van der Waals surface area (Å²) in [5.41, 5.74) is 0. The van der Waals surface area contributed by atoms with E-state index in [4.69, 9.17) is 4.74 Å². The van der Waals surface area contributed by atoms with Gasteiger partial charge in [-0.25, -0.2) is 0 Å². The fraction of sp³-hybridized carbons (Fsp3) is 0.860. The number of hydrogen-bond donors (Lipinski definition) is 3. The zero-order valence-electron chi connectivity index (χ0n) is 42.1. The number of allylic oxidation sites excluding steroid dienone is 5. The first-order valence-corrected chi connectivity index (χ1v) is 27.8. The molecule has 0 aromatic carbocycles. The minimum Gasteiger partial charge on any atom is -0.466 e. The SMILES string of the molecule is CCCC/C=C\C/C=C\CCCCCCCC(=O)OCCCCCCCCCCCCC(=O)NC(CO)C(O)/C=C/CCCCCCCCCCCCCCCCCCCCCC. The van der Waals surface area contributed by atoms with E-state index in [-0.39, 0.29) is 18.5 Å². The number of hydrogen-bond acceptors (Lipinski definition) is 5. The second-order valence-corrected chi connectivity index (χ2v) is 18.9. The van der Waals surface area contributed by atoms with E-state index in [2.05, 4.69) is 43.5 Å². The minimum absolute atomic E-state index is 0.0353. The third-order valence-electron chi connectivity index (χ3n) is 12.7. The van der Waals surface area contributed by atoms with Crippen LogP contribution in [-0.4, -0.2) is 47.4 Å². The number of unbranched alkanes of at least 4 members (excludes halogenated alkanes) is 36. The molecular formula is C57H107NO5. The van der Waals surface area contributed by atoms with Crippen LogP contribution in [0, 0.1) is 0 Å². The molecule has 0 fully saturated rings. The lowest BCUT2D eigenvalue weighted by Gasteiger charge is -2.20. The molecule has 0 radical (unpaired) electrons. The maximum Gasteiger partial charge on any atom is 0.305 e. The van der Waals surface area contributed by atoms with Crippen LogP contribution in [-0.2, 0) is 14.3 Å². The highest BCUT2D eigenvalue weighted by molar-refractivity contribution is 5.76. The van der Waals surface area contributed by atoms with Crippen LogP contribution in [0.1, 0.15) is 290 Å². The van der Waals surface area contributed by atoms with Crippen molar-refractivity contribution < 1.29 is 24.5 Å². The molecule has 3 N–H and O–H groups in total. The summed E-state index contributed by atoms with van der Waals surface area (Å²) >= 11 is 0. The highest BCUT2D eigenvalue weighted by atomic mass is 16.5. The van der Waals surface area contributed by atoms with Crippen molar-refractivity contribution in [3.63, 3.8) is 0 Å². The van der Waals surface area contributed by atoms with E-state index >= 15 is 0 Å². The summed E-state index contributed by atoms with van der Waals surface area (Å²) in [6, 6.07) is -0.647. The van der Waals surface area contributed by atoms with Crippen molar-refractivity contribution in [1.29, 1.82) is 0 Å². The van der Waals surface area contributed by atoms with Gasteiger partial charge in [0.25, 0.3) is 0 Å². The molecule has 0 spiro atoms. The van der Waals surface area contributed by atoms with Crippen LogP contribution in [0.2, 0.25) is 0 Å². The van der Waals surface area contributed by atoms with E-state index in [0.717, 1.165) is 70.6 Å². The normalized spacial score (nSPS) is 12.9. The van der Waals surface area contributed by atoms with Crippen LogP contribution >= 0.6 is 0 Å². The number of amides is 1. The quantitative estimate of drug-likeness (QED) is 0.0321. The number of rotatable bonds is 51. The monoisotopic (exact) mass is 886 g/mol. The summed E-state index contributed by atoms with van der Waals surface area (Å²) in [6.45, 7) is 4.81. The van der Waals surface area contributed by atoms with E-state index in [9.17, 15) is 19.8 Å². The Labute approximate surface area is 392 Å². The molecule has 63 heavy (non-hydrogen) atoms. The molecule has 0 aliphatic rings. The summed E-state index contributed by atoms with van der Waals surface area (Å²) in [5.74, 6) is -0.125.